The summed E-state index contributed by atoms with van der Waals surface area (Å²) in [6, 6.07) is 0. The predicted octanol–water partition coefficient (Wildman–Crippen LogP) is 8.06. The van der Waals surface area contributed by atoms with Crippen LogP contribution in [0, 0.1) is 33.5 Å². The third-order valence-electron chi connectivity index (χ3n) is 11.9. The van der Waals surface area contributed by atoms with E-state index in [0.717, 1.165) is 17.3 Å². The van der Waals surface area contributed by atoms with Crippen LogP contribution in [0.15, 0.2) is 0 Å². The van der Waals surface area contributed by atoms with Gasteiger partial charge in [-0.3, -0.25) is 0 Å². The SMILES string of the molecule is CC1(C2CCC3(CC[C@@](C)(C4CCC5(CC[C@@](C)(C6CC6)C5)C4)C3)O2)CCCC1. The van der Waals surface area contributed by atoms with Crippen molar-refractivity contribution < 1.29 is 4.74 Å². The lowest BCUT2D eigenvalue weighted by Crippen LogP contribution is -2.35. The normalized spacial score (nSPS) is 54.3. The van der Waals surface area contributed by atoms with Crippen molar-refractivity contribution >= 4 is 0 Å². The number of hydrogen-bond acceptors (Lipinski definition) is 1. The Morgan fingerprint density at radius 1 is 0.586 bits per heavy atom. The van der Waals surface area contributed by atoms with Crippen LogP contribution in [-0.4, -0.2) is 11.7 Å². The molecule has 6 atom stereocenters. The second-order valence-corrected chi connectivity index (χ2v) is 14.1. The van der Waals surface area contributed by atoms with Gasteiger partial charge in [-0.25, -0.2) is 0 Å². The van der Waals surface area contributed by atoms with Gasteiger partial charge >= 0.3 is 0 Å². The molecule has 1 heterocycles. The molecule has 1 aliphatic heterocycles. The minimum Gasteiger partial charge on any atom is -0.371 e. The molecule has 2 spiro atoms. The summed E-state index contributed by atoms with van der Waals surface area (Å²) in [6.45, 7) is 7.86. The summed E-state index contributed by atoms with van der Waals surface area (Å²) in [4.78, 5) is 0. The van der Waals surface area contributed by atoms with Crippen molar-refractivity contribution in [2.75, 3.05) is 0 Å². The van der Waals surface area contributed by atoms with E-state index in [2.05, 4.69) is 20.8 Å². The van der Waals surface area contributed by atoms with Crippen LogP contribution in [0.1, 0.15) is 130 Å². The van der Waals surface area contributed by atoms with E-state index in [-0.39, 0.29) is 5.60 Å². The summed E-state index contributed by atoms with van der Waals surface area (Å²) in [6.07, 6.45) is 25.5. The molecule has 0 radical (unpaired) electrons. The van der Waals surface area contributed by atoms with E-state index in [4.69, 9.17) is 4.74 Å². The molecule has 6 rings (SSSR count). The zero-order chi connectivity index (χ0) is 20.0. The summed E-state index contributed by atoms with van der Waals surface area (Å²) in [7, 11) is 0. The Kier molecular flexibility index (Phi) is 4.24. The number of hydrogen-bond donors (Lipinski definition) is 0. The van der Waals surface area contributed by atoms with Crippen molar-refractivity contribution in [3.8, 4) is 0 Å². The fourth-order valence-electron chi connectivity index (χ4n) is 9.80. The first-order valence-corrected chi connectivity index (χ1v) is 13.4. The van der Waals surface area contributed by atoms with Crippen LogP contribution < -0.4 is 0 Å². The molecule has 5 saturated carbocycles. The molecule has 4 unspecified atom stereocenters. The number of rotatable bonds is 3. The average Bonchev–Trinajstić information content (AvgIpc) is 3.06. The molecule has 5 aliphatic carbocycles. The van der Waals surface area contributed by atoms with Crippen molar-refractivity contribution in [3.05, 3.63) is 0 Å². The first-order chi connectivity index (χ1) is 13.8. The van der Waals surface area contributed by atoms with E-state index in [1.54, 1.807) is 25.7 Å². The van der Waals surface area contributed by atoms with E-state index in [9.17, 15) is 0 Å². The van der Waals surface area contributed by atoms with Gasteiger partial charge in [0.05, 0.1) is 11.7 Å². The molecule has 0 aromatic carbocycles. The minimum atomic E-state index is 0.263. The smallest absolute Gasteiger partial charge is 0.0693 e. The Hall–Kier alpha value is -0.0400. The lowest BCUT2D eigenvalue weighted by Gasteiger charge is -2.37. The Balaban J connectivity index is 1.12. The minimum absolute atomic E-state index is 0.263. The first kappa shape index (κ1) is 19.6. The summed E-state index contributed by atoms with van der Waals surface area (Å²) in [5, 5.41) is 0. The van der Waals surface area contributed by atoms with E-state index in [1.807, 2.05) is 0 Å². The van der Waals surface area contributed by atoms with Gasteiger partial charge in [-0.1, -0.05) is 33.6 Å². The lowest BCUT2D eigenvalue weighted by atomic mass is 9.70. The molecule has 1 saturated heterocycles. The third-order valence-corrected chi connectivity index (χ3v) is 11.9. The summed E-state index contributed by atoms with van der Waals surface area (Å²) < 4.78 is 7.04. The van der Waals surface area contributed by atoms with Crippen LogP contribution in [0.5, 0.6) is 0 Å². The number of ether oxygens (including phenoxy) is 1. The molecule has 1 nitrogen and oxygen atoms in total. The van der Waals surface area contributed by atoms with Crippen LogP contribution in [0.3, 0.4) is 0 Å². The second kappa shape index (κ2) is 6.26. The van der Waals surface area contributed by atoms with Crippen molar-refractivity contribution in [2.24, 2.45) is 33.5 Å². The summed E-state index contributed by atoms with van der Waals surface area (Å²) >= 11 is 0. The predicted molar refractivity (Wildman–Crippen MR) is 120 cm³/mol. The van der Waals surface area contributed by atoms with Crippen molar-refractivity contribution in [3.63, 3.8) is 0 Å². The fourth-order valence-corrected chi connectivity index (χ4v) is 9.80. The standard InChI is InChI=1S/C28H46O/c1-24(10-4-5-11-24)23-9-13-28(29-23)17-15-26(3,20-28)22-8-12-27(18-22)16-14-25(2,19-27)21-6-7-21/h21-23H,4-20H2,1-3H3/t22?,23?,25-,26-,27?,28?/m1/s1. The molecule has 6 fully saturated rings. The van der Waals surface area contributed by atoms with Gasteiger partial charge in [-0.2, -0.15) is 0 Å². The maximum atomic E-state index is 7.04. The lowest BCUT2D eigenvalue weighted by molar-refractivity contribution is -0.0908. The molecule has 6 aliphatic rings. The van der Waals surface area contributed by atoms with Gasteiger partial charge in [-0.05, 0) is 130 Å². The van der Waals surface area contributed by atoms with E-state index in [0.29, 0.717) is 22.3 Å². The van der Waals surface area contributed by atoms with Crippen molar-refractivity contribution in [2.45, 2.75) is 142 Å². The molecule has 164 valence electrons. The molecule has 0 amide bonds. The zero-order valence-electron chi connectivity index (χ0n) is 19.7. The van der Waals surface area contributed by atoms with Gasteiger partial charge < -0.3 is 4.74 Å². The highest BCUT2D eigenvalue weighted by molar-refractivity contribution is 5.10. The molecule has 0 bridgehead atoms. The average molecular weight is 399 g/mol. The van der Waals surface area contributed by atoms with E-state index < -0.39 is 0 Å². The maximum Gasteiger partial charge on any atom is 0.0693 e. The van der Waals surface area contributed by atoms with Gasteiger partial charge in [-0.15, -0.1) is 0 Å². The van der Waals surface area contributed by atoms with Gasteiger partial charge in [0, 0.05) is 0 Å². The van der Waals surface area contributed by atoms with Crippen LogP contribution in [0.25, 0.3) is 0 Å². The second-order valence-electron chi connectivity index (χ2n) is 14.1. The fraction of sp³-hybridized carbons (Fsp3) is 1.00. The van der Waals surface area contributed by atoms with Crippen molar-refractivity contribution in [1.29, 1.82) is 0 Å². The van der Waals surface area contributed by atoms with Crippen LogP contribution >= 0.6 is 0 Å². The van der Waals surface area contributed by atoms with Gasteiger partial charge in [0.1, 0.15) is 0 Å². The Bertz CT molecular complexity index is 659. The molecule has 0 N–H and O–H groups in total. The largest absolute Gasteiger partial charge is 0.371 e. The highest BCUT2D eigenvalue weighted by Crippen LogP contribution is 2.68. The monoisotopic (exact) mass is 398 g/mol. The van der Waals surface area contributed by atoms with Crippen LogP contribution in [-0.2, 0) is 4.74 Å². The Morgan fingerprint density at radius 3 is 2.07 bits per heavy atom. The van der Waals surface area contributed by atoms with Crippen LogP contribution in [0.4, 0.5) is 0 Å². The van der Waals surface area contributed by atoms with E-state index in [1.165, 1.54) is 83.5 Å². The quantitative estimate of drug-likeness (QED) is 0.467. The molecule has 29 heavy (non-hydrogen) atoms. The third kappa shape index (κ3) is 3.10. The van der Waals surface area contributed by atoms with Gasteiger partial charge in [0.2, 0.25) is 0 Å². The molecule has 0 aromatic rings. The molecule has 0 aromatic heterocycles. The molecular weight excluding hydrogens is 352 g/mol. The molecular formula is C28H46O. The Labute approximate surface area is 180 Å². The topological polar surface area (TPSA) is 9.23 Å². The van der Waals surface area contributed by atoms with Gasteiger partial charge in [0.15, 0.2) is 0 Å². The first-order valence-electron chi connectivity index (χ1n) is 13.4. The summed E-state index contributed by atoms with van der Waals surface area (Å²) in [5.74, 6) is 2.07. The Morgan fingerprint density at radius 2 is 1.31 bits per heavy atom. The summed E-state index contributed by atoms with van der Waals surface area (Å²) in [5.41, 5.74) is 2.77. The highest BCUT2D eigenvalue weighted by Gasteiger charge is 2.60. The highest BCUT2D eigenvalue weighted by atomic mass is 16.5. The van der Waals surface area contributed by atoms with Crippen LogP contribution in [0.2, 0.25) is 0 Å². The maximum absolute atomic E-state index is 7.04. The van der Waals surface area contributed by atoms with Crippen molar-refractivity contribution in [1.82, 2.24) is 0 Å². The van der Waals surface area contributed by atoms with E-state index >= 15 is 0 Å². The zero-order valence-corrected chi connectivity index (χ0v) is 19.7. The molecule has 1 heteroatoms. The van der Waals surface area contributed by atoms with Gasteiger partial charge in [0.25, 0.3) is 0 Å².